The first kappa shape index (κ1) is 15.5. The average molecular weight is 361 g/mol. The van der Waals surface area contributed by atoms with Crippen molar-refractivity contribution in [1.29, 1.82) is 0 Å². The zero-order valence-electron chi connectivity index (χ0n) is 11.0. The van der Waals surface area contributed by atoms with E-state index in [1.54, 1.807) is 0 Å². The number of aliphatic carboxylic acids is 1. The summed E-state index contributed by atoms with van der Waals surface area (Å²) >= 11 is 4.81. The monoisotopic (exact) mass is 360 g/mol. The van der Waals surface area contributed by atoms with E-state index in [0.29, 0.717) is 19.0 Å². The van der Waals surface area contributed by atoms with Crippen LogP contribution >= 0.6 is 27.3 Å². The third kappa shape index (κ3) is 4.29. The minimum Gasteiger partial charge on any atom is -0.480 e. The second kappa shape index (κ2) is 7.19. The van der Waals surface area contributed by atoms with Crippen molar-refractivity contribution in [2.75, 3.05) is 26.2 Å². The van der Waals surface area contributed by atoms with Crippen molar-refractivity contribution in [1.82, 2.24) is 10.2 Å². The lowest BCUT2D eigenvalue weighted by Crippen LogP contribution is -2.43. The number of rotatable bonds is 5. The molecule has 1 fully saturated rings. The Balaban J connectivity index is 1.86. The number of hydrogen-bond donors (Lipinski definition) is 2. The molecule has 1 amide bonds. The van der Waals surface area contributed by atoms with Gasteiger partial charge in [-0.2, -0.15) is 0 Å². The van der Waals surface area contributed by atoms with Crippen molar-refractivity contribution in [2.24, 2.45) is 5.92 Å². The highest BCUT2D eigenvalue weighted by molar-refractivity contribution is 9.11. The summed E-state index contributed by atoms with van der Waals surface area (Å²) in [5.74, 6) is -0.448. The summed E-state index contributed by atoms with van der Waals surface area (Å²) in [6, 6.07) is 3.72. The van der Waals surface area contributed by atoms with E-state index in [9.17, 15) is 9.59 Å². The first-order valence-electron chi connectivity index (χ1n) is 6.53. The van der Waals surface area contributed by atoms with E-state index in [1.165, 1.54) is 11.3 Å². The van der Waals surface area contributed by atoms with Crippen LogP contribution in [0.3, 0.4) is 0 Å². The van der Waals surface area contributed by atoms with Crippen molar-refractivity contribution in [2.45, 2.75) is 12.8 Å². The Morgan fingerprint density at radius 3 is 2.95 bits per heavy atom. The summed E-state index contributed by atoms with van der Waals surface area (Å²) in [5, 5.41) is 11.5. The van der Waals surface area contributed by atoms with Gasteiger partial charge in [-0.25, -0.2) is 0 Å². The molecule has 2 heterocycles. The van der Waals surface area contributed by atoms with E-state index in [1.807, 2.05) is 17.0 Å². The maximum absolute atomic E-state index is 12.3. The molecule has 1 saturated heterocycles. The zero-order chi connectivity index (χ0) is 14.5. The molecular weight excluding hydrogens is 344 g/mol. The fraction of sp³-hybridized carbons (Fsp3) is 0.538. The summed E-state index contributed by atoms with van der Waals surface area (Å²) in [4.78, 5) is 25.4. The molecule has 1 aliphatic rings. The van der Waals surface area contributed by atoms with Crippen LogP contribution in [0.1, 0.15) is 22.5 Å². The number of nitrogens with one attached hydrogen (secondary N) is 1. The summed E-state index contributed by atoms with van der Waals surface area (Å²) in [6.07, 6.45) is 2.00. The molecule has 20 heavy (non-hydrogen) atoms. The van der Waals surface area contributed by atoms with Gasteiger partial charge in [0.05, 0.1) is 15.2 Å². The molecule has 1 aromatic heterocycles. The lowest BCUT2D eigenvalue weighted by molar-refractivity contribution is -0.136. The van der Waals surface area contributed by atoms with Gasteiger partial charge in [-0.05, 0) is 46.8 Å². The number of amides is 1. The van der Waals surface area contributed by atoms with Gasteiger partial charge in [-0.1, -0.05) is 0 Å². The minimum absolute atomic E-state index is 0.0255. The van der Waals surface area contributed by atoms with Gasteiger partial charge in [0.1, 0.15) is 0 Å². The third-order valence-corrected chi connectivity index (χ3v) is 4.91. The highest BCUT2D eigenvalue weighted by Crippen LogP contribution is 2.25. The van der Waals surface area contributed by atoms with Crippen molar-refractivity contribution in [3.63, 3.8) is 0 Å². The van der Waals surface area contributed by atoms with Gasteiger partial charge in [0.25, 0.3) is 5.91 Å². The predicted molar refractivity (Wildman–Crippen MR) is 81.2 cm³/mol. The fourth-order valence-corrected chi connectivity index (χ4v) is 3.74. The van der Waals surface area contributed by atoms with Gasteiger partial charge in [0.2, 0.25) is 0 Å². The number of piperidine rings is 1. The van der Waals surface area contributed by atoms with Crippen LogP contribution in [0.25, 0.3) is 0 Å². The SMILES string of the molecule is O=C(O)CNCC1CCCN(C(=O)c2ccc(Br)s2)C1. The van der Waals surface area contributed by atoms with Crippen LogP contribution in [-0.4, -0.2) is 48.1 Å². The Morgan fingerprint density at radius 1 is 1.50 bits per heavy atom. The molecule has 1 aromatic rings. The number of likely N-dealkylation sites (tertiary alicyclic amines) is 1. The Bertz CT molecular complexity index is 492. The molecule has 0 spiro atoms. The maximum Gasteiger partial charge on any atom is 0.317 e. The largest absolute Gasteiger partial charge is 0.480 e. The molecule has 7 heteroatoms. The van der Waals surface area contributed by atoms with E-state index < -0.39 is 5.97 Å². The average Bonchev–Trinajstić information content (AvgIpc) is 2.84. The van der Waals surface area contributed by atoms with Gasteiger partial charge in [-0.3, -0.25) is 9.59 Å². The molecule has 0 bridgehead atoms. The maximum atomic E-state index is 12.3. The summed E-state index contributed by atoms with van der Waals surface area (Å²) in [7, 11) is 0. The molecule has 5 nitrogen and oxygen atoms in total. The van der Waals surface area contributed by atoms with Gasteiger partial charge in [0, 0.05) is 19.6 Å². The number of halogens is 1. The number of thiophene rings is 1. The third-order valence-electron chi connectivity index (χ3n) is 3.30. The molecule has 1 atom stereocenters. The second-order valence-electron chi connectivity index (χ2n) is 4.89. The molecule has 1 unspecified atom stereocenters. The van der Waals surface area contributed by atoms with Gasteiger partial charge >= 0.3 is 5.97 Å². The number of carboxylic acid groups (broad SMARTS) is 1. The Kier molecular flexibility index (Phi) is 5.56. The highest BCUT2D eigenvalue weighted by atomic mass is 79.9. The molecule has 2 N–H and O–H groups in total. The summed E-state index contributed by atoms with van der Waals surface area (Å²) < 4.78 is 0.956. The second-order valence-corrected chi connectivity index (χ2v) is 7.35. The molecular formula is C13H17BrN2O3S. The van der Waals surface area contributed by atoms with E-state index in [0.717, 1.165) is 28.0 Å². The first-order chi connectivity index (χ1) is 9.56. The van der Waals surface area contributed by atoms with Crippen LogP contribution < -0.4 is 5.32 Å². The molecule has 2 rings (SSSR count). The van der Waals surface area contributed by atoms with E-state index in [4.69, 9.17) is 5.11 Å². The lowest BCUT2D eigenvalue weighted by atomic mass is 9.98. The van der Waals surface area contributed by atoms with E-state index in [-0.39, 0.29) is 12.5 Å². The van der Waals surface area contributed by atoms with Crippen LogP contribution in [-0.2, 0) is 4.79 Å². The predicted octanol–water partition coefficient (Wildman–Crippen LogP) is 2.04. The topological polar surface area (TPSA) is 69.6 Å². The molecule has 1 aliphatic heterocycles. The van der Waals surface area contributed by atoms with Gasteiger partial charge in [-0.15, -0.1) is 11.3 Å². The Hall–Kier alpha value is -0.920. The van der Waals surface area contributed by atoms with Crippen LogP contribution in [0.4, 0.5) is 0 Å². The summed E-state index contributed by atoms with van der Waals surface area (Å²) in [5.41, 5.74) is 0. The highest BCUT2D eigenvalue weighted by Gasteiger charge is 2.25. The normalized spacial score (nSPS) is 19.1. The molecule has 0 aromatic carbocycles. The molecule has 0 radical (unpaired) electrons. The standard InChI is InChI=1S/C13H17BrN2O3S/c14-11-4-3-10(20-11)13(19)16-5-1-2-9(8-16)6-15-7-12(17)18/h3-4,9,15H,1-2,5-8H2,(H,17,18). The van der Waals surface area contributed by atoms with Crippen molar-refractivity contribution in [3.05, 3.63) is 20.8 Å². The fourth-order valence-electron chi connectivity index (χ4n) is 2.38. The number of carbonyl (C=O) groups excluding carboxylic acids is 1. The van der Waals surface area contributed by atoms with Gasteiger partial charge in [0.15, 0.2) is 0 Å². The minimum atomic E-state index is -0.850. The van der Waals surface area contributed by atoms with Crippen molar-refractivity contribution >= 4 is 39.1 Å². The number of nitrogens with zero attached hydrogens (tertiary/aromatic N) is 1. The van der Waals surface area contributed by atoms with Gasteiger partial charge < -0.3 is 15.3 Å². The number of hydrogen-bond acceptors (Lipinski definition) is 4. The lowest BCUT2D eigenvalue weighted by Gasteiger charge is -2.32. The van der Waals surface area contributed by atoms with E-state index in [2.05, 4.69) is 21.2 Å². The zero-order valence-corrected chi connectivity index (χ0v) is 13.4. The van der Waals surface area contributed by atoms with Crippen LogP contribution in [0, 0.1) is 5.92 Å². The Morgan fingerprint density at radius 2 is 2.30 bits per heavy atom. The Labute approximate surface area is 130 Å². The molecule has 110 valence electrons. The van der Waals surface area contributed by atoms with Crippen LogP contribution in [0.15, 0.2) is 15.9 Å². The molecule has 0 aliphatic carbocycles. The smallest absolute Gasteiger partial charge is 0.317 e. The molecule has 0 saturated carbocycles. The first-order valence-corrected chi connectivity index (χ1v) is 8.14. The quantitative estimate of drug-likeness (QED) is 0.842. The van der Waals surface area contributed by atoms with Crippen LogP contribution in [0.2, 0.25) is 0 Å². The van der Waals surface area contributed by atoms with Crippen LogP contribution in [0.5, 0.6) is 0 Å². The summed E-state index contributed by atoms with van der Waals surface area (Å²) in [6.45, 7) is 2.09. The van der Waals surface area contributed by atoms with Crippen molar-refractivity contribution in [3.8, 4) is 0 Å². The number of carboxylic acids is 1. The van der Waals surface area contributed by atoms with E-state index >= 15 is 0 Å². The van der Waals surface area contributed by atoms with Crippen molar-refractivity contribution < 1.29 is 14.7 Å². The number of carbonyl (C=O) groups is 2.